The van der Waals surface area contributed by atoms with Crippen LogP contribution in [0, 0.1) is 0 Å². The van der Waals surface area contributed by atoms with Crippen molar-refractivity contribution in [2.24, 2.45) is 0 Å². The van der Waals surface area contributed by atoms with Crippen LogP contribution in [0.15, 0.2) is 22.8 Å². The third kappa shape index (κ3) is 3.69. The third-order valence-electron chi connectivity index (χ3n) is 2.03. The maximum atomic E-state index is 8.86. The second kappa shape index (κ2) is 5.98. The predicted octanol–water partition coefficient (Wildman–Crippen LogP) is 1.91. The van der Waals surface area contributed by atoms with Crippen LogP contribution < -0.4 is 0 Å². The molecular weight excluding hydrogens is 152 g/mol. The van der Waals surface area contributed by atoms with Gasteiger partial charge in [-0.3, -0.25) is 0 Å². The molecule has 0 amide bonds. The first kappa shape index (κ1) is 11.4. The number of ether oxygens (including phenoxy) is 1. The largest absolute Gasteiger partial charge is 0.392 e. The minimum absolute atomic E-state index is 0.129. The average molecular weight is 170 g/mol. The molecule has 0 unspecified atom stereocenters. The van der Waals surface area contributed by atoms with Crippen molar-refractivity contribution in [2.75, 3.05) is 20.3 Å². The highest BCUT2D eigenvalue weighted by molar-refractivity contribution is 5.31. The van der Waals surface area contributed by atoms with Crippen molar-refractivity contribution in [1.82, 2.24) is 0 Å². The van der Waals surface area contributed by atoms with E-state index in [0.717, 1.165) is 11.1 Å². The summed E-state index contributed by atoms with van der Waals surface area (Å²) in [6.07, 6.45) is 2.01. The van der Waals surface area contributed by atoms with Gasteiger partial charge in [0.15, 0.2) is 0 Å². The van der Waals surface area contributed by atoms with E-state index in [4.69, 9.17) is 9.84 Å². The molecule has 0 fully saturated rings. The summed E-state index contributed by atoms with van der Waals surface area (Å²) < 4.78 is 4.91. The van der Waals surface area contributed by atoms with Gasteiger partial charge in [0.1, 0.15) is 0 Å². The highest BCUT2D eigenvalue weighted by Crippen LogP contribution is 2.12. The van der Waals surface area contributed by atoms with Gasteiger partial charge in [0.2, 0.25) is 0 Å². The van der Waals surface area contributed by atoms with Crippen molar-refractivity contribution in [3.8, 4) is 0 Å². The first-order valence-electron chi connectivity index (χ1n) is 4.06. The van der Waals surface area contributed by atoms with E-state index in [0.29, 0.717) is 6.61 Å². The van der Waals surface area contributed by atoms with Crippen LogP contribution in [0.2, 0.25) is 0 Å². The number of aliphatic hydroxyl groups excluding tert-OH is 1. The fraction of sp³-hybridized carbons (Fsp3) is 0.600. The molecule has 0 spiro atoms. The SMILES string of the molecule is COCC=C(C)C(C)=C(C)CO. The molecular formula is C10H18O2. The molecule has 12 heavy (non-hydrogen) atoms. The summed E-state index contributed by atoms with van der Waals surface area (Å²) in [6, 6.07) is 0. The Balaban J connectivity index is 4.36. The molecule has 2 heteroatoms. The Morgan fingerprint density at radius 2 is 1.92 bits per heavy atom. The molecule has 0 aromatic heterocycles. The molecule has 0 aliphatic heterocycles. The minimum atomic E-state index is 0.129. The second-order valence-electron chi connectivity index (χ2n) is 2.91. The maximum absolute atomic E-state index is 8.86. The van der Waals surface area contributed by atoms with E-state index < -0.39 is 0 Å². The average Bonchev–Trinajstić information content (AvgIpc) is 2.11. The number of methoxy groups -OCH3 is 1. The van der Waals surface area contributed by atoms with E-state index in [-0.39, 0.29) is 6.61 Å². The zero-order valence-corrected chi connectivity index (χ0v) is 8.35. The number of aliphatic hydroxyl groups is 1. The molecule has 0 saturated carbocycles. The molecule has 0 aromatic carbocycles. The van der Waals surface area contributed by atoms with Crippen LogP contribution in [0.3, 0.4) is 0 Å². The van der Waals surface area contributed by atoms with Gasteiger partial charge in [0.05, 0.1) is 13.2 Å². The maximum Gasteiger partial charge on any atom is 0.0649 e. The van der Waals surface area contributed by atoms with Crippen LogP contribution in [0.1, 0.15) is 20.8 Å². The number of hydrogen-bond acceptors (Lipinski definition) is 2. The molecule has 0 atom stereocenters. The Hall–Kier alpha value is -0.600. The van der Waals surface area contributed by atoms with E-state index in [2.05, 4.69) is 0 Å². The molecule has 70 valence electrons. The molecule has 0 rings (SSSR count). The van der Waals surface area contributed by atoms with E-state index in [9.17, 15) is 0 Å². The van der Waals surface area contributed by atoms with Crippen LogP contribution in [-0.4, -0.2) is 25.4 Å². The quantitative estimate of drug-likeness (QED) is 0.653. The van der Waals surface area contributed by atoms with E-state index >= 15 is 0 Å². The van der Waals surface area contributed by atoms with Crippen molar-refractivity contribution >= 4 is 0 Å². The summed E-state index contributed by atoms with van der Waals surface area (Å²) in [5.41, 5.74) is 3.33. The summed E-state index contributed by atoms with van der Waals surface area (Å²) in [6.45, 7) is 6.71. The minimum Gasteiger partial charge on any atom is -0.392 e. The fourth-order valence-electron chi connectivity index (χ4n) is 0.817. The second-order valence-corrected chi connectivity index (χ2v) is 2.91. The van der Waals surface area contributed by atoms with Gasteiger partial charge in [0, 0.05) is 7.11 Å². The Labute approximate surface area is 74.6 Å². The first-order valence-corrected chi connectivity index (χ1v) is 4.06. The first-order chi connectivity index (χ1) is 5.63. The number of allylic oxidation sites excluding steroid dienone is 2. The van der Waals surface area contributed by atoms with Gasteiger partial charge in [-0.25, -0.2) is 0 Å². The monoisotopic (exact) mass is 170 g/mol. The Morgan fingerprint density at radius 3 is 2.33 bits per heavy atom. The standard InChI is InChI=1S/C10H18O2/c1-8(5-6-12-4)10(3)9(2)7-11/h5,11H,6-7H2,1-4H3. The molecule has 0 aliphatic carbocycles. The number of rotatable bonds is 4. The smallest absolute Gasteiger partial charge is 0.0649 e. The molecule has 0 saturated heterocycles. The van der Waals surface area contributed by atoms with Crippen molar-refractivity contribution < 1.29 is 9.84 Å². The molecule has 0 bridgehead atoms. The summed E-state index contributed by atoms with van der Waals surface area (Å²) in [4.78, 5) is 0. The molecule has 0 heterocycles. The summed E-state index contributed by atoms with van der Waals surface area (Å²) >= 11 is 0. The number of hydrogen-bond donors (Lipinski definition) is 1. The summed E-state index contributed by atoms with van der Waals surface area (Å²) in [5, 5.41) is 8.86. The normalized spacial score (nSPS) is 14.6. The molecule has 0 aromatic rings. The van der Waals surface area contributed by atoms with Crippen molar-refractivity contribution in [2.45, 2.75) is 20.8 Å². The van der Waals surface area contributed by atoms with Crippen LogP contribution in [0.5, 0.6) is 0 Å². The van der Waals surface area contributed by atoms with Crippen molar-refractivity contribution in [3.63, 3.8) is 0 Å². The summed E-state index contributed by atoms with van der Waals surface area (Å²) in [7, 11) is 1.67. The van der Waals surface area contributed by atoms with Gasteiger partial charge < -0.3 is 9.84 Å². The lowest BCUT2D eigenvalue weighted by Crippen LogP contribution is -1.93. The Bertz CT molecular complexity index is 190. The van der Waals surface area contributed by atoms with Crippen LogP contribution >= 0.6 is 0 Å². The van der Waals surface area contributed by atoms with Crippen LogP contribution in [0.4, 0.5) is 0 Å². The highest BCUT2D eigenvalue weighted by atomic mass is 16.5. The molecule has 1 N–H and O–H groups in total. The molecule has 2 nitrogen and oxygen atoms in total. The Kier molecular flexibility index (Phi) is 5.68. The van der Waals surface area contributed by atoms with Gasteiger partial charge in [-0.2, -0.15) is 0 Å². The zero-order chi connectivity index (χ0) is 9.56. The van der Waals surface area contributed by atoms with Crippen molar-refractivity contribution in [3.05, 3.63) is 22.8 Å². The lowest BCUT2D eigenvalue weighted by molar-refractivity contribution is 0.233. The van der Waals surface area contributed by atoms with E-state index in [1.807, 2.05) is 26.8 Å². The van der Waals surface area contributed by atoms with E-state index in [1.165, 1.54) is 5.57 Å². The van der Waals surface area contributed by atoms with Gasteiger partial charge in [-0.1, -0.05) is 6.08 Å². The third-order valence-corrected chi connectivity index (χ3v) is 2.03. The van der Waals surface area contributed by atoms with Gasteiger partial charge in [-0.15, -0.1) is 0 Å². The zero-order valence-electron chi connectivity index (χ0n) is 8.35. The predicted molar refractivity (Wildman–Crippen MR) is 51.1 cm³/mol. The summed E-state index contributed by atoms with van der Waals surface area (Å²) in [5.74, 6) is 0. The Morgan fingerprint density at radius 1 is 1.33 bits per heavy atom. The topological polar surface area (TPSA) is 29.5 Å². The van der Waals surface area contributed by atoms with Crippen molar-refractivity contribution in [1.29, 1.82) is 0 Å². The molecule has 0 radical (unpaired) electrons. The lowest BCUT2D eigenvalue weighted by atomic mass is 10.0. The van der Waals surface area contributed by atoms with E-state index in [1.54, 1.807) is 7.11 Å². The lowest BCUT2D eigenvalue weighted by Gasteiger charge is -2.05. The highest BCUT2D eigenvalue weighted by Gasteiger charge is 1.96. The fourth-order valence-corrected chi connectivity index (χ4v) is 0.817. The van der Waals surface area contributed by atoms with Crippen LogP contribution in [0.25, 0.3) is 0 Å². The van der Waals surface area contributed by atoms with Crippen LogP contribution in [-0.2, 0) is 4.74 Å². The van der Waals surface area contributed by atoms with Gasteiger partial charge in [-0.05, 0) is 37.5 Å². The van der Waals surface area contributed by atoms with Gasteiger partial charge >= 0.3 is 0 Å². The van der Waals surface area contributed by atoms with Gasteiger partial charge in [0.25, 0.3) is 0 Å². The molecule has 0 aliphatic rings.